The van der Waals surface area contributed by atoms with Crippen LogP contribution in [-0.4, -0.2) is 49.3 Å². The monoisotopic (exact) mass is 858 g/mol. The highest BCUT2D eigenvalue weighted by molar-refractivity contribution is 7.47. The standard InChI is InChI=1S/C49H96NO8P/c1-3-5-7-9-11-13-15-17-19-20-21-22-23-24-25-26-28-29-31-33-35-37-39-41-48(51)55-45-47(46-57-59(53,54)56-44-43-50)58-49(52)42-40-38-36-34-32-30-27-18-16-14-12-10-8-6-4-2/h14,16,47H,3-13,15,17-46,50H2,1-2H3,(H,53,54)/b16-14+/t47-/m0/s1. The third-order valence-electron chi connectivity index (χ3n) is 11.2. The van der Waals surface area contributed by atoms with E-state index in [1.54, 1.807) is 0 Å². The average Bonchev–Trinajstić information content (AvgIpc) is 3.22. The van der Waals surface area contributed by atoms with Gasteiger partial charge in [-0.05, 0) is 38.5 Å². The minimum Gasteiger partial charge on any atom is -0.462 e. The molecular formula is C49H96NO8P. The second-order valence-corrected chi connectivity index (χ2v) is 18.5. The molecule has 350 valence electrons. The van der Waals surface area contributed by atoms with Crippen molar-refractivity contribution in [3.05, 3.63) is 12.2 Å². The SMILES string of the molecule is CCCCCC/C=C/CCCCCCCCCC(=O)O[C@@H](COC(=O)CCCCCCCCCCCCCCCCCCCCCCCCC)COP(=O)(O)OCCN. The third kappa shape index (κ3) is 46.1. The first-order chi connectivity index (χ1) is 28.8. The molecule has 0 fully saturated rings. The summed E-state index contributed by atoms with van der Waals surface area (Å²) in [5, 5.41) is 0. The fourth-order valence-corrected chi connectivity index (χ4v) is 8.16. The molecule has 1 unspecified atom stereocenters. The predicted octanol–water partition coefficient (Wildman–Crippen LogP) is 15.0. The summed E-state index contributed by atoms with van der Waals surface area (Å²) in [6.07, 6.45) is 49.7. The Labute approximate surface area is 364 Å². The van der Waals surface area contributed by atoms with E-state index in [0.29, 0.717) is 6.42 Å². The van der Waals surface area contributed by atoms with E-state index in [-0.39, 0.29) is 38.6 Å². The number of carbonyl (C=O) groups excluding carboxylic acids is 2. The quantitative estimate of drug-likeness (QED) is 0.0265. The van der Waals surface area contributed by atoms with Crippen LogP contribution in [0.2, 0.25) is 0 Å². The van der Waals surface area contributed by atoms with Crippen molar-refractivity contribution in [3.63, 3.8) is 0 Å². The highest BCUT2D eigenvalue weighted by Gasteiger charge is 2.26. The molecule has 0 aromatic heterocycles. The van der Waals surface area contributed by atoms with Crippen LogP contribution in [0.15, 0.2) is 12.2 Å². The van der Waals surface area contributed by atoms with Gasteiger partial charge in [-0.3, -0.25) is 18.6 Å². The molecule has 0 rings (SSSR count). The van der Waals surface area contributed by atoms with Crippen LogP contribution in [0, 0.1) is 0 Å². The van der Waals surface area contributed by atoms with Crippen LogP contribution < -0.4 is 5.73 Å². The summed E-state index contributed by atoms with van der Waals surface area (Å²) in [4.78, 5) is 35.0. The van der Waals surface area contributed by atoms with Gasteiger partial charge in [-0.1, -0.05) is 219 Å². The molecule has 0 aliphatic carbocycles. The molecule has 2 atom stereocenters. The van der Waals surface area contributed by atoms with Crippen LogP contribution in [0.4, 0.5) is 0 Å². The smallest absolute Gasteiger partial charge is 0.462 e. The van der Waals surface area contributed by atoms with E-state index in [1.165, 1.54) is 180 Å². The number of phosphoric acid groups is 1. The second kappa shape index (κ2) is 46.3. The van der Waals surface area contributed by atoms with Gasteiger partial charge < -0.3 is 20.1 Å². The zero-order valence-corrected chi connectivity index (χ0v) is 39.7. The maximum atomic E-state index is 12.6. The lowest BCUT2D eigenvalue weighted by Crippen LogP contribution is -2.29. The molecule has 0 amide bonds. The van der Waals surface area contributed by atoms with Crippen molar-refractivity contribution in [1.29, 1.82) is 0 Å². The molecule has 3 N–H and O–H groups in total. The molecule has 0 aliphatic heterocycles. The maximum Gasteiger partial charge on any atom is 0.472 e. The van der Waals surface area contributed by atoms with Crippen LogP contribution in [0.1, 0.15) is 258 Å². The van der Waals surface area contributed by atoms with Gasteiger partial charge >= 0.3 is 19.8 Å². The van der Waals surface area contributed by atoms with Crippen molar-refractivity contribution in [2.24, 2.45) is 5.73 Å². The predicted molar refractivity (Wildman–Crippen MR) is 248 cm³/mol. The zero-order valence-electron chi connectivity index (χ0n) is 38.8. The van der Waals surface area contributed by atoms with E-state index in [1.807, 2.05) is 0 Å². The average molecular weight is 858 g/mol. The Morgan fingerprint density at radius 1 is 0.492 bits per heavy atom. The van der Waals surface area contributed by atoms with Crippen molar-refractivity contribution in [1.82, 2.24) is 0 Å². The largest absolute Gasteiger partial charge is 0.472 e. The highest BCUT2D eigenvalue weighted by atomic mass is 31.2. The van der Waals surface area contributed by atoms with Crippen LogP contribution in [-0.2, 0) is 32.7 Å². The minimum atomic E-state index is -4.38. The number of nitrogens with two attached hydrogens (primary N) is 1. The van der Waals surface area contributed by atoms with Gasteiger partial charge in [-0.15, -0.1) is 0 Å². The molecule has 10 heteroatoms. The Morgan fingerprint density at radius 2 is 0.831 bits per heavy atom. The number of unbranched alkanes of at least 4 members (excludes halogenated alkanes) is 33. The van der Waals surface area contributed by atoms with Crippen LogP contribution >= 0.6 is 7.82 Å². The Morgan fingerprint density at radius 3 is 1.22 bits per heavy atom. The normalized spacial score (nSPS) is 13.2. The number of ether oxygens (including phenoxy) is 2. The van der Waals surface area contributed by atoms with Gasteiger partial charge in [0.2, 0.25) is 0 Å². The van der Waals surface area contributed by atoms with Crippen molar-refractivity contribution in [3.8, 4) is 0 Å². The second-order valence-electron chi connectivity index (χ2n) is 17.0. The van der Waals surface area contributed by atoms with Gasteiger partial charge in [-0.2, -0.15) is 0 Å². The van der Waals surface area contributed by atoms with E-state index < -0.39 is 26.5 Å². The zero-order chi connectivity index (χ0) is 43.2. The van der Waals surface area contributed by atoms with Crippen LogP contribution in [0.3, 0.4) is 0 Å². The lowest BCUT2D eigenvalue weighted by molar-refractivity contribution is -0.161. The number of hydrogen-bond acceptors (Lipinski definition) is 8. The van der Waals surface area contributed by atoms with Gasteiger partial charge in [-0.25, -0.2) is 4.57 Å². The minimum absolute atomic E-state index is 0.0557. The van der Waals surface area contributed by atoms with E-state index in [9.17, 15) is 19.0 Å². The topological polar surface area (TPSA) is 134 Å². The van der Waals surface area contributed by atoms with Gasteiger partial charge in [0.25, 0.3) is 0 Å². The van der Waals surface area contributed by atoms with E-state index in [4.69, 9.17) is 24.3 Å². The lowest BCUT2D eigenvalue weighted by atomic mass is 10.0. The molecular weight excluding hydrogens is 762 g/mol. The van der Waals surface area contributed by atoms with Crippen molar-refractivity contribution < 1.29 is 37.6 Å². The summed E-state index contributed by atoms with van der Waals surface area (Å²) >= 11 is 0. The highest BCUT2D eigenvalue weighted by Crippen LogP contribution is 2.43. The van der Waals surface area contributed by atoms with E-state index in [0.717, 1.165) is 44.9 Å². The summed E-state index contributed by atoms with van der Waals surface area (Å²) in [5.41, 5.74) is 5.36. The Balaban J connectivity index is 3.97. The van der Waals surface area contributed by atoms with Crippen LogP contribution in [0.5, 0.6) is 0 Å². The van der Waals surface area contributed by atoms with Crippen molar-refractivity contribution in [2.45, 2.75) is 264 Å². The molecule has 0 aliphatic rings. The molecule has 0 spiro atoms. The molecule has 0 saturated heterocycles. The van der Waals surface area contributed by atoms with Gasteiger partial charge in [0.15, 0.2) is 6.10 Å². The fourth-order valence-electron chi connectivity index (χ4n) is 7.40. The molecule has 59 heavy (non-hydrogen) atoms. The van der Waals surface area contributed by atoms with Gasteiger partial charge in [0, 0.05) is 19.4 Å². The first-order valence-electron chi connectivity index (χ1n) is 25.2. The van der Waals surface area contributed by atoms with Crippen molar-refractivity contribution >= 4 is 19.8 Å². The number of esters is 2. The molecule has 0 bridgehead atoms. The summed E-state index contributed by atoms with van der Waals surface area (Å²) in [5.74, 6) is -0.818. The maximum absolute atomic E-state index is 12.6. The molecule has 0 saturated carbocycles. The summed E-state index contributed by atoms with van der Waals surface area (Å²) in [7, 11) is -4.38. The van der Waals surface area contributed by atoms with Gasteiger partial charge in [0.05, 0.1) is 13.2 Å². The lowest BCUT2D eigenvalue weighted by Gasteiger charge is -2.19. The summed E-state index contributed by atoms with van der Waals surface area (Å²) in [6, 6.07) is 0. The van der Waals surface area contributed by atoms with Crippen LogP contribution in [0.25, 0.3) is 0 Å². The van der Waals surface area contributed by atoms with Gasteiger partial charge in [0.1, 0.15) is 6.61 Å². The Bertz CT molecular complexity index is 980. The molecule has 0 radical (unpaired) electrons. The number of allylic oxidation sites excluding steroid dienone is 2. The van der Waals surface area contributed by atoms with Crippen molar-refractivity contribution in [2.75, 3.05) is 26.4 Å². The molecule has 0 aromatic rings. The first-order valence-corrected chi connectivity index (χ1v) is 26.7. The number of hydrogen-bond donors (Lipinski definition) is 2. The summed E-state index contributed by atoms with van der Waals surface area (Å²) < 4.78 is 32.9. The van der Waals surface area contributed by atoms with E-state index >= 15 is 0 Å². The Hall–Kier alpha value is -1.25. The molecule has 0 heterocycles. The summed E-state index contributed by atoms with van der Waals surface area (Å²) in [6.45, 7) is 3.77. The fraction of sp³-hybridized carbons (Fsp3) is 0.918. The number of rotatable bonds is 48. The number of carbonyl (C=O) groups is 2. The first kappa shape index (κ1) is 57.8. The molecule has 0 aromatic carbocycles. The number of phosphoric ester groups is 1. The Kier molecular flexibility index (Phi) is 45.3. The van der Waals surface area contributed by atoms with E-state index in [2.05, 4.69) is 26.0 Å². The molecule has 9 nitrogen and oxygen atoms in total. The third-order valence-corrected chi connectivity index (χ3v) is 12.1.